The summed E-state index contributed by atoms with van der Waals surface area (Å²) < 4.78 is 0. The molecule has 24 heavy (non-hydrogen) atoms. The van der Waals surface area contributed by atoms with Gasteiger partial charge in [0.15, 0.2) is 0 Å². The van der Waals surface area contributed by atoms with Gasteiger partial charge in [-0.15, -0.1) is 0 Å². The number of hydrogen-bond acceptors (Lipinski definition) is 3. The summed E-state index contributed by atoms with van der Waals surface area (Å²) in [6.45, 7) is 6.15. The summed E-state index contributed by atoms with van der Waals surface area (Å²) >= 11 is 0. The molecule has 5 heteroatoms. The van der Waals surface area contributed by atoms with E-state index >= 15 is 0 Å². The molecule has 0 bridgehead atoms. The summed E-state index contributed by atoms with van der Waals surface area (Å²) in [6, 6.07) is 8.66. The third-order valence-electron chi connectivity index (χ3n) is 5.15. The first-order chi connectivity index (χ1) is 11.4. The first-order valence-electron chi connectivity index (χ1n) is 8.74. The second-order valence-electron chi connectivity index (χ2n) is 7.35. The first-order valence-corrected chi connectivity index (χ1v) is 8.74. The number of likely N-dealkylation sites (tertiary alicyclic amines) is 1. The zero-order chi connectivity index (χ0) is 17.3. The Kier molecular flexibility index (Phi) is 4.90. The van der Waals surface area contributed by atoms with E-state index < -0.39 is 5.97 Å². The summed E-state index contributed by atoms with van der Waals surface area (Å²) in [4.78, 5) is 28.0. The number of nitrogens with zero attached hydrogens (tertiary/aromatic N) is 2. The average molecular weight is 330 g/mol. The number of carbonyl (C=O) groups is 2. The minimum absolute atomic E-state index is 0.0989. The Bertz CT molecular complexity index is 610. The van der Waals surface area contributed by atoms with Gasteiger partial charge in [-0.1, -0.05) is 36.8 Å². The van der Waals surface area contributed by atoms with Crippen molar-refractivity contribution in [1.29, 1.82) is 0 Å². The lowest BCUT2D eigenvalue weighted by molar-refractivity contribution is -0.142. The smallest absolute Gasteiger partial charge is 0.308 e. The van der Waals surface area contributed by atoms with Gasteiger partial charge in [-0.2, -0.15) is 0 Å². The summed E-state index contributed by atoms with van der Waals surface area (Å²) in [5, 5.41) is 9.24. The highest BCUT2D eigenvalue weighted by atomic mass is 16.4. The molecule has 2 aliphatic rings. The molecule has 1 aliphatic heterocycles. The Hall–Kier alpha value is -1.88. The topological polar surface area (TPSA) is 60.9 Å². The van der Waals surface area contributed by atoms with Crippen molar-refractivity contribution < 1.29 is 14.7 Å². The molecule has 0 radical (unpaired) electrons. The number of carboxylic acids is 1. The van der Waals surface area contributed by atoms with E-state index in [0.717, 1.165) is 18.4 Å². The summed E-state index contributed by atoms with van der Waals surface area (Å²) in [5.74, 6) is -0.890. The second kappa shape index (κ2) is 6.93. The molecule has 0 unspecified atom stereocenters. The molecule has 5 nitrogen and oxygen atoms in total. The minimum Gasteiger partial charge on any atom is -0.481 e. The van der Waals surface area contributed by atoms with Crippen LogP contribution in [0.15, 0.2) is 24.3 Å². The molecule has 3 rings (SSSR count). The molecule has 2 atom stereocenters. The molecule has 1 aromatic carbocycles. The molecule has 1 saturated carbocycles. The van der Waals surface area contributed by atoms with E-state index in [-0.39, 0.29) is 17.7 Å². The molecule has 130 valence electrons. The maximum Gasteiger partial charge on any atom is 0.308 e. The predicted molar refractivity (Wildman–Crippen MR) is 91.5 cm³/mol. The Morgan fingerprint density at radius 3 is 2.42 bits per heavy atom. The van der Waals surface area contributed by atoms with Crippen molar-refractivity contribution >= 4 is 11.9 Å². The van der Waals surface area contributed by atoms with Gasteiger partial charge in [0.05, 0.1) is 12.5 Å². The molecule has 1 N–H and O–H groups in total. The van der Waals surface area contributed by atoms with Crippen LogP contribution in [-0.2, 0) is 16.1 Å². The fourth-order valence-electron chi connectivity index (χ4n) is 3.50. The van der Waals surface area contributed by atoms with Gasteiger partial charge in [0.2, 0.25) is 5.91 Å². The number of amides is 1. The monoisotopic (exact) mass is 330 g/mol. The summed E-state index contributed by atoms with van der Waals surface area (Å²) in [5.41, 5.74) is 2.37. The molecule has 1 saturated heterocycles. The summed E-state index contributed by atoms with van der Waals surface area (Å²) in [6.07, 6.45) is 2.15. The van der Waals surface area contributed by atoms with Gasteiger partial charge in [-0.05, 0) is 31.2 Å². The van der Waals surface area contributed by atoms with Crippen molar-refractivity contribution in [2.45, 2.75) is 39.3 Å². The van der Waals surface area contributed by atoms with E-state index in [1.165, 1.54) is 5.56 Å². The molecule has 1 heterocycles. The Morgan fingerprint density at radius 1 is 1.21 bits per heavy atom. The van der Waals surface area contributed by atoms with Crippen LogP contribution >= 0.6 is 0 Å². The van der Waals surface area contributed by atoms with E-state index in [4.69, 9.17) is 0 Å². The van der Waals surface area contributed by atoms with E-state index in [1.807, 2.05) is 16.7 Å². The lowest BCUT2D eigenvalue weighted by Gasteiger charge is -2.25. The van der Waals surface area contributed by atoms with Crippen molar-refractivity contribution in [3.8, 4) is 0 Å². The molecule has 2 fully saturated rings. The minimum atomic E-state index is -0.754. The van der Waals surface area contributed by atoms with Crippen LogP contribution in [0, 0.1) is 18.8 Å². The van der Waals surface area contributed by atoms with E-state index in [0.29, 0.717) is 32.2 Å². The Labute approximate surface area is 143 Å². The lowest BCUT2D eigenvalue weighted by Crippen LogP contribution is -2.40. The van der Waals surface area contributed by atoms with Gasteiger partial charge in [0.1, 0.15) is 0 Å². The molecule has 0 aromatic heterocycles. The highest BCUT2D eigenvalue weighted by Gasteiger charge is 2.38. The maximum absolute atomic E-state index is 12.8. The van der Waals surface area contributed by atoms with Gasteiger partial charge in [0.25, 0.3) is 0 Å². The number of benzene rings is 1. The van der Waals surface area contributed by atoms with Crippen LogP contribution in [0.3, 0.4) is 0 Å². The van der Waals surface area contributed by atoms with Crippen molar-refractivity contribution in [1.82, 2.24) is 9.80 Å². The number of aliphatic carboxylic acids is 1. The zero-order valence-corrected chi connectivity index (χ0v) is 14.4. The van der Waals surface area contributed by atoms with Crippen molar-refractivity contribution in [3.05, 3.63) is 35.4 Å². The van der Waals surface area contributed by atoms with E-state index in [1.54, 1.807) is 0 Å². The second-order valence-corrected chi connectivity index (χ2v) is 7.35. The molecule has 1 aromatic rings. The average Bonchev–Trinajstić information content (AvgIpc) is 3.29. The molecular weight excluding hydrogens is 304 g/mol. The number of hydrogen-bond donors (Lipinski definition) is 1. The first kappa shape index (κ1) is 17.0. The van der Waals surface area contributed by atoms with E-state index in [2.05, 4.69) is 31.2 Å². The fraction of sp³-hybridized carbons (Fsp3) is 0.579. The highest BCUT2D eigenvalue weighted by molar-refractivity contribution is 5.79. The number of carboxylic acid groups (broad SMARTS) is 1. The quantitative estimate of drug-likeness (QED) is 0.868. The third-order valence-corrected chi connectivity index (χ3v) is 5.15. The number of rotatable bonds is 6. The Balaban J connectivity index is 1.61. The standard InChI is InChI=1S/C19H26N2O3/c1-13-3-5-15(6-4-13)10-21(16-7-8-16)18(22)12-20-9-14(2)17(11-20)19(23)24/h3-6,14,16-17H,7-12H2,1-2H3,(H,23,24)/t14-,17-/m1/s1. The van der Waals surface area contributed by atoms with Crippen LogP contribution in [0.4, 0.5) is 0 Å². The summed E-state index contributed by atoms with van der Waals surface area (Å²) in [7, 11) is 0. The SMILES string of the molecule is Cc1ccc(CN(C(=O)CN2C[C@@H](C)[C@H](C(=O)O)C2)C2CC2)cc1. The largest absolute Gasteiger partial charge is 0.481 e. The van der Waals surface area contributed by atoms with Crippen LogP contribution in [0.5, 0.6) is 0 Å². The number of carbonyl (C=O) groups excluding carboxylic acids is 1. The van der Waals surface area contributed by atoms with Crippen molar-refractivity contribution in [2.75, 3.05) is 19.6 Å². The lowest BCUT2D eigenvalue weighted by atomic mass is 9.99. The maximum atomic E-state index is 12.8. The van der Waals surface area contributed by atoms with Crippen LogP contribution in [-0.4, -0.2) is 52.5 Å². The molecule has 0 spiro atoms. The van der Waals surface area contributed by atoms with Gasteiger partial charge in [0, 0.05) is 25.7 Å². The van der Waals surface area contributed by atoms with Gasteiger partial charge < -0.3 is 10.0 Å². The third kappa shape index (κ3) is 3.96. The number of aryl methyl sites for hydroxylation is 1. The zero-order valence-electron chi connectivity index (χ0n) is 14.4. The molecular formula is C19H26N2O3. The van der Waals surface area contributed by atoms with Gasteiger partial charge in [-0.25, -0.2) is 0 Å². The molecule has 1 amide bonds. The van der Waals surface area contributed by atoms with Crippen LogP contribution in [0.1, 0.15) is 30.9 Å². The Morgan fingerprint density at radius 2 is 1.88 bits per heavy atom. The van der Waals surface area contributed by atoms with Gasteiger partial charge >= 0.3 is 5.97 Å². The van der Waals surface area contributed by atoms with Crippen LogP contribution < -0.4 is 0 Å². The van der Waals surface area contributed by atoms with Crippen molar-refractivity contribution in [2.24, 2.45) is 11.8 Å². The van der Waals surface area contributed by atoms with Gasteiger partial charge in [-0.3, -0.25) is 14.5 Å². The van der Waals surface area contributed by atoms with Crippen molar-refractivity contribution in [3.63, 3.8) is 0 Å². The normalized spacial score (nSPS) is 24.1. The highest BCUT2D eigenvalue weighted by Crippen LogP contribution is 2.29. The van der Waals surface area contributed by atoms with Crippen LogP contribution in [0.25, 0.3) is 0 Å². The van der Waals surface area contributed by atoms with Crippen LogP contribution in [0.2, 0.25) is 0 Å². The predicted octanol–water partition coefficient (Wildman–Crippen LogP) is 2.14. The molecule has 1 aliphatic carbocycles. The fourth-order valence-corrected chi connectivity index (χ4v) is 3.50. The van der Waals surface area contributed by atoms with E-state index in [9.17, 15) is 14.7 Å².